The smallest absolute Gasteiger partial charge is 0.251 e. The molecule has 18 heavy (non-hydrogen) atoms. The van der Waals surface area contributed by atoms with Crippen molar-refractivity contribution in [2.45, 2.75) is 13.8 Å². The molecule has 1 aromatic rings. The van der Waals surface area contributed by atoms with Crippen LogP contribution >= 0.6 is 0 Å². The van der Waals surface area contributed by atoms with E-state index in [-0.39, 0.29) is 18.6 Å². The van der Waals surface area contributed by atoms with Gasteiger partial charge in [-0.15, -0.1) is 0 Å². The summed E-state index contributed by atoms with van der Waals surface area (Å²) in [4.78, 5) is 12.0. The van der Waals surface area contributed by atoms with Crippen molar-refractivity contribution in [1.29, 1.82) is 0 Å². The van der Waals surface area contributed by atoms with Gasteiger partial charge in [-0.1, -0.05) is 6.92 Å². The van der Waals surface area contributed by atoms with Crippen LogP contribution in [0.4, 0.5) is 0 Å². The standard InChI is InChI=1S/C13H18N2O3/c1-8(5-14)6-15-13(16)10-4-12-11(3-9(10)2)17-7-18-12/h3-4,8H,5-7,14H2,1-2H3,(H,15,16). The van der Waals surface area contributed by atoms with Gasteiger partial charge in [-0.05, 0) is 37.1 Å². The average molecular weight is 250 g/mol. The highest BCUT2D eigenvalue weighted by Crippen LogP contribution is 2.34. The van der Waals surface area contributed by atoms with Crippen molar-refractivity contribution in [3.8, 4) is 11.5 Å². The maximum absolute atomic E-state index is 12.0. The molecule has 1 aliphatic heterocycles. The van der Waals surface area contributed by atoms with Crippen molar-refractivity contribution in [3.63, 3.8) is 0 Å². The summed E-state index contributed by atoms with van der Waals surface area (Å²) in [6.07, 6.45) is 0. The number of fused-ring (bicyclic) bond motifs is 1. The second kappa shape index (κ2) is 5.27. The fourth-order valence-corrected chi connectivity index (χ4v) is 1.73. The summed E-state index contributed by atoms with van der Waals surface area (Å²) in [7, 11) is 0. The first-order valence-electron chi connectivity index (χ1n) is 6.00. The number of carbonyl (C=O) groups is 1. The number of carbonyl (C=O) groups excluding carboxylic acids is 1. The van der Waals surface area contributed by atoms with E-state index < -0.39 is 0 Å². The molecule has 5 nitrogen and oxygen atoms in total. The number of hydrogen-bond donors (Lipinski definition) is 2. The van der Waals surface area contributed by atoms with E-state index in [0.717, 1.165) is 5.56 Å². The van der Waals surface area contributed by atoms with E-state index in [4.69, 9.17) is 15.2 Å². The van der Waals surface area contributed by atoms with Gasteiger partial charge < -0.3 is 20.5 Å². The minimum absolute atomic E-state index is 0.105. The molecule has 0 saturated heterocycles. The SMILES string of the molecule is Cc1cc2c(cc1C(=O)NCC(C)CN)OCO2. The molecule has 1 aliphatic rings. The molecule has 1 unspecified atom stereocenters. The van der Waals surface area contributed by atoms with E-state index in [1.807, 2.05) is 19.9 Å². The third-order valence-corrected chi connectivity index (χ3v) is 2.98. The predicted molar refractivity (Wildman–Crippen MR) is 67.9 cm³/mol. The number of aryl methyl sites for hydroxylation is 1. The van der Waals surface area contributed by atoms with Crippen LogP contribution in [0, 0.1) is 12.8 Å². The van der Waals surface area contributed by atoms with Crippen molar-refractivity contribution in [2.75, 3.05) is 19.9 Å². The van der Waals surface area contributed by atoms with E-state index in [9.17, 15) is 4.79 Å². The Morgan fingerprint density at radius 1 is 1.44 bits per heavy atom. The van der Waals surface area contributed by atoms with Gasteiger partial charge in [-0.3, -0.25) is 4.79 Å². The first-order chi connectivity index (χ1) is 8.61. The average Bonchev–Trinajstić information content (AvgIpc) is 2.81. The zero-order valence-corrected chi connectivity index (χ0v) is 10.7. The van der Waals surface area contributed by atoms with Crippen molar-refractivity contribution in [3.05, 3.63) is 23.3 Å². The molecule has 0 radical (unpaired) electrons. The molecule has 0 aromatic heterocycles. The molecule has 98 valence electrons. The first-order valence-corrected chi connectivity index (χ1v) is 6.00. The third kappa shape index (κ3) is 2.56. The number of benzene rings is 1. The Morgan fingerprint density at radius 3 is 2.78 bits per heavy atom. The Balaban J connectivity index is 2.11. The minimum Gasteiger partial charge on any atom is -0.454 e. The largest absolute Gasteiger partial charge is 0.454 e. The third-order valence-electron chi connectivity index (χ3n) is 2.98. The zero-order chi connectivity index (χ0) is 13.1. The quantitative estimate of drug-likeness (QED) is 0.837. The molecule has 3 N–H and O–H groups in total. The van der Waals surface area contributed by atoms with Crippen LogP contribution in [-0.2, 0) is 0 Å². The van der Waals surface area contributed by atoms with Gasteiger partial charge in [0.15, 0.2) is 11.5 Å². The normalized spacial score (nSPS) is 14.4. The molecule has 1 heterocycles. The zero-order valence-electron chi connectivity index (χ0n) is 10.7. The summed E-state index contributed by atoms with van der Waals surface area (Å²) >= 11 is 0. The van der Waals surface area contributed by atoms with Crippen molar-refractivity contribution >= 4 is 5.91 Å². The lowest BCUT2D eigenvalue weighted by atomic mass is 10.1. The highest BCUT2D eigenvalue weighted by atomic mass is 16.7. The lowest BCUT2D eigenvalue weighted by Crippen LogP contribution is -2.31. The van der Waals surface area contributed by atoms with Crippen LogP contribution in [0.25, 0.3) is 0 Å². The molecule has 2 rings (SSSR count). The Labute approximate surface area is 106 Å². The van der Waals surface area contributed by atoms with Crippen molar-refractivity contribution < 1.29 is 14.3 Å². The molecule has 1 aromatic carbocycles. The van der Waals surface area contributed by atoms with Gasteiger partial charge >= 0.3 is 0 Å². The molecular weight excluding hydrogens is 232 g/mol. The number of amides is 1. The van der Waals surface area contributed by atoms with Crippen LogP contribution in [0.5, 0.6) is 11.5 Å². The molecule has 1 amide bonds. The van der Waals surface area contributed by atoms with E-state index in [2.05, 4.69) is 5.32 Å². The molecule has 0 bridgehead atoms. The lowest BCUT2D eigenvalue weighted by molar-refractivity contribution is 0.0947. The van der Waals surface area contributed by atoms with E-state index in [0.29, 0.717) is 30.2 Å². The second-order valence-electron chi connectivity index (χ2n) is 4.57. The summed E-state index contributed by atoms with van der Waals surface area (Å²) in [6, 6.07) is 3.55. The number of ether oxygens (including phenoxy) is 2. The number of hydrogen-bond acceptors (Lipinski definition) is 4. The van der Waals surface area contributed by atoms with Crippen LogP contribution in [0.3, 0.4) is 0 Å². The Bertz CT molecular complexity index is 460. The fourth-order valence-electron chi connectivity index (χ4n) is 1.73. The van der Waals surface area contributed by atoms with Crippen molar-refractivity contribution in [2.24, 2.45) is 11.7 Å². The monoisotopic (exact) mass is 250 g/mol. The number of nitrogens with two attached hydrogens (primary N) is 1. The summed E-state index contributed by atoms with van der Waals surface area (Å²) in [5, 5.41) is 2.87. The highest BCUT2D eigenvalue weighted by molar-refractivity contribution is 5.96. The van der Waals surface area contributed by atoms with Gasteiger partial charge in [0, 0.05) is 12.1 Å². The van der Waals surface area contributed by atoms with Crippen molar-refractivity contribution in [1.82, 2.24) is 5.32 Å². The van der Waals surface area contributed by atoms with Gasteiger partial charge in [0.1, 0.15) is 0 Å². The molecular formula is C13H18N2O3. The van der Waals surface area contributed by atoms with Gasteiger partial charge in [0.05, 0.1) is 0 Å². The van der Waals surface area contributed by atoms with E-state index >= 15 is 0 Å². The molecule has 0 saturated carbocycles. The van der Waals surface area contributed by atoms with Gasteiger partial charge in [0.25, 0.3) is 5.91 Å². The second-order valence-corrected chi connectivity index (χ2v) is 4.57. The van der Waals surface area contributed by atoms with E-state index in [1.165, 1.54) is 0 Å². The topological polar surface area (TPSA) is 73.6 Å². The van der Waals surface area contributed by atoms with Gasteiger partial charge in [-0.25, -0.2) is 0 Å². The summed E-state index contributed by atoms with van der Waals surface area (Å²) in [6.45, 7) is 5.21. The van der Waals surface area contributed by atoms with Crippen LogP contribution < -0.4 is 20.5 Å². The van der Waals surface area contributed by atoms with Crippen LogP contribution in [-0.4, -0.2) is 25.8 Å². The first kappa shape index (κ1) is 12.7. The number of rotatable bonds is 4. The van der Waals surface area contributed by atoms with Crippen LogP contribution in [0.15, 0.2) is 12.1 Å². The van der Waals surface area contributed by atoms with Gasteiger partial charge in [0.2, 0.25) is 6.79 Å². The Kier molecular flexibility index (Phi) is 3.72. The molecule has 0 spiro atoms. The summed E-state index contributed by atoms with van der Waals surface area (Å²) in [5.41, 5.74) is 7.00. The Hall–Kier alpha value is -1.75. The van der Waals surface area contributed by atoms with Crippen LogP contribution in [0.1, 0.15) is 22.8 Å². The molecule has 5 heteroatoms. The Morgan fingerprint density at radius 2 is 2.11 bits per heavy atom. The fraction of sp³-hybridized carbons (Fsp3) is 0.462. The highest BCUT2D eigenvalue weighted by Gasteiger charge is 2.19. The maximum Gasteiger partial charge on any atom is 0.251 e. The molecule has 0 aliphatic carbocycles. The lowest BCUT2D eigenvalue weighted by Gasteiger charge is -2.12. The van der Waals surface area contributed by atoms with Crippen LogP contribution in [0.2, 0.25) is 0 Å². The maximum atomic E-state index is 12.0. The number of nitrogens with one attached hydrogen (secondary N) is 1. The minimum atomic E-state index is -0.105. The summed E-state index contributed by atoms with van der Waals surface area (Å²) < 4.78 is 10.5. The van der Waals surface area contributed by atoms with Gasteiger partial charge in [-0.2, -0.15) is 0 Å². The molecule has 0 fully saturated rings. The summed E-state index contributed by atoms with van der Waals surface area (Å²) in [5.74, 6) is 1.48. The van der Waals surface area contributed by atoms with E-state index in [1.54, 1.807) is 6.07 Å². The molecule has 1 atom stereocenters. The predicted octanol–water partition coefficient (Wildman–Crippen LogP) is 1.05.